The average molecular weight is 269 g/mol. The molecule has 0 radical (unpaired) electrons. The van der Waals surface area contributed by atoms with Gasteiger partial charge in [0.1, 0.15) is 11.5 Å². The maximum absolute atomic E-state index is 10.6. The Labute approximate surface area is 107 Å². The summed E-state index contributed by atoms with van der Waals surface area (Å²) in [4.78, 5) is 18.4. The molecule has 0 saturated carbocycles. The van der Waals surface area contributed by atoms with Crippen molar-refractivity contribution in [3.8, 4) is 0 Å². The van der Waals surface area contributed by atoms with Crippen LogP contribution < -0.4 is 0 Å². The molecule has 1 aromatic heterocycles. The van der Waals surface area contributed by atoms with Crippen LogP contribution in [0.25, 0.3) is 0 Å². The molecule has 2 rings (SSSR count). The molecule has 0 fully saturated rings. The molecule has 0 aliphatic carbocycles. The first-order chi connectivity index (χ1) is 8.15. The summed E-state index contributed by atoms with van der Waals surface area (Å²) in [6.07, 6.45) is 1.32. The van der Waals surface area contributed by atoms with E-state index in [1.807, 2.05) is 24.3 Å². The number of aromatic amines is 1. The fourth-order valence-corrected chi connectivity index (χ4v) is 2.13. The third-order valence-electron chi connectivity index (χ3n) is 2.05. The highest BCUT2D eigenvalue weighted by Gasteiger charge is 2.07. The van der Waals surface area contributed by atoms with Crippen molar-refractivity contribution in [2.75, 3.05) is 0 Å². The van der Waals surface area contributed by atoms with Gasteiger partial charge in [-0.15, -0.1) is 11.8 Å². The largest absolute Gasteiger partial charge is 0.477 e. The Balaban J connectivity index is 1.97. The second-order valence-corrected chi connectivity index (χ2v) is 4.78. The molecule has 0 aliphatic heterocycles. The van der Waals surface area contributed by atoms with E-state index in [-0.39, 0.29) is 5.69 Å². The Kier molecular flexibility index (Phi) is 3.71. The van der Waals surface area contributed by atoms with E-state index in [2.05, 4.69) is 9.97 Å². The molecule has 0 unspecified atom stereocenters. The number of hydrogen-bond acceptors (Lipinski definition) is 3. The van der Waals surface area contributed by atoms with E-state index in [4.69, 9.17) is 16.7 Å². The van der Waals surface area contributed by atoms with Gasteiger partial charge in [-0.1, -0.05) is 11.6 Å². The zero-order chi connectivity index (χ0) is 12.3. The number of rotatable bonds is 4. The van der Waals surface area contributed by atoms with E-state index in [0.717, 1.165) is 4.90 Å². The lowest BCUT2D eigenvalue weighted by atomic mass is 10.4. The zero-order valence-corrected chi connectivity index (χ0v) is 10.3. The number of thioether (sulfide) groups is 1. The fourth-order valence-electron chi connectivity index (χ4n) is 1.23. The van der Waals surface area contributed by atoms with Gasteiger partial charge in [-0.05, 0) is 24.3 Å². The quantitative estimate of drug-likeness (QED) is 0.837. The molecule has 0 bridgehead atoms. The summed E-state index contributed by atoms with van der Waals surface area (Å²) in [7, 11) is 0. The number of nitrogens with zero attached hydrogens (tertiary/aromatic N) is 1. The highest BCUT2D eigenvalue weighted by Crippen LogP contribution is 2.23. The highest BCUT2D eigenvalue weighted by molar-refractivity contribution is 7.98. The van der Waals surface area contributed by atoms with Crippen LogP contribution in [0, 0.1) is 0 Å². The molecule has 0 saturated heterocycles. The molecule has 4 nitrogen and oxygen atoms in total. The first kappa shape index (κ1) is 12.0. The van der Waals surface area contributed by atoms with Crippen LogP contribution in [0.1, 0.15) is 16.3 Å². The lowest BCUT2D eigenvalue weighted by molar-refractivity contribution is 0.0691. The molecule has 0 amide bonds. The number of carboxylic acids is 1. The molecular formula is C11H9ClN2O2S. The number of aromatic nitrogens is 2. The molecule has 17 heavy (non-hydrogen) atoms. The summed E-state index contributed by atoms with van der Waals surface area (Å²) in [5.41, 5.74) is 0.108. The van der Waals surface area contributed by atoms with Gasteiger partial charge in [0.05, 0.1) is 11.9 Å². The fraction of sp³-hybridized carbons (Fsp3) is 0.0909. The predicted octanol–water partition coefficient (Wildman–Crippen LogP) is 3.05. The van der Waals surface area contributed by atoms with Gasteiger partial charge >= 0.3 is 5.97 Å². The number of imidazole rings is 1. The average Bonchev–Trinajstić information content (AvgIpc) is 2.77. The number of carboxylic acid groups (broad SMARTS) is 1. The number of carbonyl (C=O) groups is 1. The molecule has 2 N–H and O–H groups in total. The van der Waals surface area contributed by atoms with E-state index in [9.17, 15) is 4.79 Å². The normalized spacial score (nSPS) is 10.4. The molecule has 0 aliphatic rings. The van der Waals surface area contributed by atoms with E-state index in [1.165, 1.54) is 6.20 Å². The molecule has 6 heteroatoms. The van der Waals surface area contributed by atoms with Gasteiger partial charge in [-0.3, -0.25) is 0 Å². The first-order valence-corrected chi connectivity index (χ1v) is 6.17. The molecule has 88 valence electrons. The van der Waals surface area contributed by atoms with Gasteiger partial charge in [0.2, 0.25) is 0 Å². The molecule has 0 atom stereocenters. The maximum Gasteiger partial charge on any atom is 0.353 e. The second-order valence-electron chi connectivity index (χ2n) is 3.29. The minimum absolute atomic E-state index is 0.108. The zero-order valence-electron chi connectivity index (χ0n) is 8.68. The third-order valence-corrected chi connectivity index (χ3v) is 3.32. The minimum Gasteiger partial charge on any atom is -0.477 e. The maximum atomic E-state index is 10.6. The highest BCUT2D eigenvalue weighted by atomic mass is 35.5. The van der Waals surface area contributed by atoms with Crippen LogP contribution in [0.4, 0.5) is 0 Å². The summed E-state index contributed by atoms with van der Waals surface area (Å²) in [6.45, 7) is 0. The number of hydrogen-bond donors (Lipinski definition) is 2. The Hall–Kier alpha value is -1.46. The topological polar surface area (TPSA) is 66.0 Å². The van der Waals surface area contributed by atoms with Crippen molar-refractivity contribution in [2.24, 2.45) is 0 Å². The number of halogens is 1. The first-order valence-electron chi connectivity index (χ1n) is 4.80. The van der Waals surface area contributed by atoms with E-state index < -0.39 is 5.97 Å². The van der Waals surface area contributed by atoms with Gasteiger partial charge < -0.3 is 10.1 Å². The van der Waals surface area contributed by atoms with E-state index in [1.54, 1.807) is 11.8 Å². The predicted molar refractivity (Wildman–Crippen MR) is 66.6 cm³/mol. The number of H-pyrrole nitrogens is 1. The van der Waals surface area contributed by atoms with Crippen LogP contribution >= 0.6 is 23.4 Å². The van der Waals surface area contributed by atoms with Gasteiger partial charge in [-0.2, -0.15) is 0 Å². The summed E-state index contributed by atoms with van der Waals surface area (Å²) in [5.74, 6) is 0.233. The lowest BCUT2D eigenvalue weighted by Crippen LogP contribution is -1.96. The van der Waals surface area contributed by atoms with Crippen molar-refractivity contribution < 1.29 is 9.90 Å². The van der Waals surface area contributed by atoms with Gasteiger partial charge in [0.25, 0.3) is 0 Å². The van der Waals surface area contributed by atoms with Gasteiger partial charge in [0.15, 0.2) is 0 Å². The number of nitrogens with one attached hydrogen (secondary N) is 1. The van der Waals surface area contributed by atoms with Crippen molar-refractivity contribution >= 4 is 29.3 Å². The van der Waals surface area contributed by atoms with E-state index in [0.29, 0.717) is 16.6 Å². The Morgan fingerprint density at radius 2 is 2.12 bits per heavy atom. The Morgan fingerprint density at radius 3 is 2.71 bits per heavy atom. The summed E-state index contributed by atoms with van der Waals surface area (Å²) < 4.78 is 0. The van der Waals surface area contributed by atoms with Gasteiger partial charge in [-0.25, -0.2) is 9.78 Å². The smallest absolute Gasteiger partial charge is 0.353 e. The van der Waals surface area contributed by atoms with Crippen LogP contribution in [0.2, 0.25) is 5.02 Å². The lowest BCUT2D eigenvalue weighted by Gasteiger charge is -1.99. The number of aromatic carboxylic acids is 1. The van der Waals surface area contributed by atoms with Crippen molar-refractivity contribution in [3.05, 3.63) is 47.0 Å². The summed E-state index contributed by atoms with van der Waals surface area (Å²) in [5, 5.41) is 9.42. The number of benzene rings is 1. The molecule has 1 heterocycles. The minimum atomic E-state index is -1.000. The van der Waals surface area contributed by atoms with E-state index >= 15 is 0 Å². The molecule has 0 spiro atoms. The SMILES string of the molecule is O=C(O)c1cnc(CSc2ccc(Cl)cc2)[nH]1. The van der Waals surface area contributed by atoms with Gasteiger partial charge in [0, 0.05) is 9.92 Å². The van der Waals surface area contributed by atoms with Crippen LogP contribution in [-0.4, -0.2) is 21.0 Å². The summed E-state index contributed by atoms with van der Waals surface area (Å²) >= 11 is 7.34. The Morgan fingerprint density at radius 1 is 1.41 bits per heavy atom. The van der Waals surface area contributed by atoms with Crippen molar-refractivity contribution in [2.45, 2.75) is 10.6 Å². The second kappa shape index (κ2) is 5.25. The van der Waals surface area contributed by atoms with Crippen LogP contribution in [-0.2, 0) is 5.75 Å². The van der Waals surface area contributed by atoms with Crippen LogP contribution in [0.15, 0.2) is 35.4 Å². The summed E-state index contributed by atoms with van der Waals surface area (Å²) in [6, 6.07) is 7.45. The van der Waals surface area contributed by atoms with Crippen molar-refractivity contribution in [3.63, 3.8) is 0 Å². The monoisotopic (exact) mass is 268 g/mol. The van der Waals surface area contributed by atoms with Crippen LogP contribution in [0.3, 0.4) is 0 Å². The standard InChI is InChI=1S/C11H9ClN2O2S/c12-7-1-3-8(4-2-7)17-6-10-13-5-9(14-10)11(15)16/h1-5H,6H2,(H,13,14)(H,15,16). The molecular weight excluding hydrogens is 260 g/mol. The Bertz CT molecular complexity index is 525. The van der Waals surface area contributed by atoms with Crippen molar-refractivity contribution in [1.29, 1.82) is 0 Å². The molecule has 2 aromatic rings. The molecule has 1 aromatic carbocycles. The van der Waals surface area contributed by atoms with Crippen molar-refractivity contribution in [1.82, 2.24) is 9.97 Å². The third kappa shape index (κ3) is 3.25. The van der Waals surface area contributed by atoms with Crippen LogP contribution in [0.5, 0.6) is 0 Å².